The number of aryl methyl sites for hydroxylation is 1. The van der Waals surface area contributed by atoms with Crippen molar-refractivity contribution in [2.45, 2.75) is 83.2 Å². The molecule has 1 spiro atoms. The summed E-state index contributed by atoms with van der Waals surface area (Å²) < 4.78 is 0. The molecule has 0 unspecified atom stereocenters. The van der Waals surface area contributed by atoms with E-state index < -0.39 is 0 Å². The summed E-state index contributed by atoms with van der Waals surface area (Å²) in [4.78, 5) is 0. The summed E-state index contributed by atoms with van der Waals surface area (Å²) >= 11 is 0. The smallest absolute Gasteiger partial charge is 0.0300 e. The van der Waals surface area contributed by atoms with Crippen LogP contribution in [-0.4, -0.2) is 5.54 Å². The molecule has 0 amide bonds. The molecule has 2 atom stereocenters. The van der Waals surface area contributed by atoms with Crippen LogP contribution in [0.4, 0.5) is 0 Å². The van der Waals surface area contributed by atoms with Crippen LogP contribution in [0.25, 0.3) is 0 Å². The average Bonchev–Trinajstić information content (AvgIpc) is 2.63. The van der Waals surface area contributed by atoms with Crippen molar-refractivity contribution < 1.29 is 0 Å². The molecule has 1 fully saturated rings. The van der Waals surface area contributed by atoms with Gasteiger partial charge < -0.3 is 5.32 Å². The highest BCUT2D eigenvalue weighted by Crippen LogP contribution is 2.50. The third-order valence-electron chi connectivity index (χ3n) is 6.76. The van der Waals surface area contributed by atoms with Crippen LogP contribution < -0.4 is 5.32 Å². The maximum Gasteiger partial charge on any atom is 0.0300 e. The second-order valence-electron chi connectivity index (χ2n) is 8.97. The lowest BCUT2D eigenvalue weighted by Crippen LogP contribution is -2.55. The van der Waals surface area contributed by atoms with Crippen molar-refractivity contribution >= 4 is 0 Å². The molecule has 4 rings (SSSR count). The highest BCUT2D eigenvalue weighted by molar-refractivity contribution is 5.47. The van der Waals surface area contributed by atoms with Gasteiger partial charge in [-0.05, 0) is 54.9 Å². The van der Waals surface area contributed by atoms with E-state index in [4.69, 9.17) is 0 Å². The molecule has 1 aliphatic carbocycles. The van der Waals surface area contributed by atoms with Gasteiger partial charge in [-0.2, -0.15) is 0 Å². The summed E-state index contributed by atoms with van der Waals surface area (Å²) in [5.41, 5.74) is 7.57. The van der Waals surface area contributed by atoms with Crippen molar-refractivity contribution in [1.29, 1.82) is 0 Å². The zero-order valence-electron chi connectivity index (χ0n) is 16.8. The molecule has 138 valence electrons. The van der Waals surface area contributed by atoms with Gasteiger partial charge in [0.2, 0.25) is 0 Å². The van der Waals surface area contributed by atoms with Gasteiger partial charge in [0.15, 0.2) is 0 Å². The molecule has 0 radical (unpaired) electrons. The molecule has 26 heavy (non-hydrogen) atoms. The summed E-state index contributed by atoms with van der Waals surface area (Å²) in [5.74, 6) is 1.06. The molecule has 1 heteroatoms. The Morgan fingerprint density at radius 2 is 1.62 bits per heavy atom. The maximum absolute atomic E-state index is 4.10. The van der Waals surface area contributed by atoms with E-state index >= 15 is 0 Å². The predicted molar refractivity (Wildman–Crippen MR) is 111 cm³/mol. The van der Waals surface area contributed by atoms with Gasteiger partial charge in [-0.3, -0.25) is 0 Å². The number of benzene rings is 2. The number of nitrogens with one attached hydrogen (secondary N) is 1. The third kappa shape index (κ3) is 3.01. The molecular formula is C25H33N. The largest absolute Gasteiger partial charge is 0.304 e. The fraction of sp³-hybridized carbons (Fsp3) is 0.520. The lowest BCUT2D eigenvalue weighted by molar-refractivity contribution is 0.172. The topological polar surface area (TPSA) is 12.0 Å². The van der Waals surface area contributed by atoms with Gasteiger partial charge in [-0.1, -0.05) is 81.1 Å². The van der Waals surface area contributed by atoms with Crippen LogP contribution in [0.2, 0.25) is 0 Å². The van der Waals surface area contributed by atoms with Crippen LogP contribution in [0.5, 0.6) is 0 Å². The minimum absolute atomic E-state index is 0.222. The van der Waals surface area contributed by atoms with Crippen LogP contribution in [0.15, 0.2) is 42.5 Å². The van der Waals surface area contributed by atoms with E-state index in [-0.39, 0.29) is 5.54 Å². The van der Waals surface area contributed by atoms with Crippen LogP contribution in [0.1, 0.15) is 98.6 Å². The van der Waals surface area contributed by atoms with Crippen LogP contribution >= 0.6 is 0 Å². The lowest BCUT2D eigenvalue weighted by atomic mass is 9.63. The van der Waals surface area contributed by atoms with Gasteiger partial charge in [-0.15, -0.1) is 0 Å². The number of hydrogen-bond acceptors (Lipinski definition) is 1. The molecule has 0 aromatic heterocycles. The van der Waals surface area contributed by atoms with Crippen molar-refractivity contribution in [3.05, 3.63) is 70.3 Å². The zero-order chi connectivity index (χ0) is 18.3. The second kappa shape index (κ2) is 6.85. The highest BCUT2D eigenvalue weighted by Gasteiger charge is 2.46. The minimum atomic E-state index is 0.222. The molecule has 1 heterocycles. The van der Waals surface area contributed by atoms with Crippen molar-refractivity contribution in [2.75, 3.05) is 0 Å². The zero-order valence-corrected chi connectivity index (χ0v) is 16.8. The lowest BCUT2D eigenvalue weighted by Gasteiger charge is -2.51. The summed E-state index contributed by atoms with van der Waals surface area (Å²) in [7, 11) is 0. The van der Waals surface area contributed by atoms with Crippen molar-refractivity contribution in [1.82, 2.24) is 5.32 Å². The molecule has 2 aromatic carbocycles. The van der Waals surface area contributed by atoms with Gasteiger partial charge >= 0.3 is 0 Å². The van der Waals surface area contributed by atoms with Crippen LogP contribution in [-0.2, 0) is 0 Å². The summed E-state index contributed by atoms with van der Waals surface area (Å²) in [5, 5.41) is 4.10. The standard InChI is InChI=1S/C25H33N/c1-17(2)20-9-11-21(12-10-20)24-22-13-8-18(3)16-23(22)19(4)26-25(24)14-6-5-7-15-25/h8-13,16-17,19,24,26H,5-7,14-15H2,1-4H3/t19-,24+/m1/s1. The molecule has 1 N–H and O–H groups in total. The van der Waals surface area contributed by atoms with E-state index in [1.54, 1.807) is 5.56 Å². The normalized spacial score (nSPS) is 24.7. The molecule has 1 nitrogen and oxygen atoms in total. The van der Waals surface area contributed by atoms with Crippen LogP contribution in [0.3, 0.4) is 0 Å². The molecule has 2 aliphatic rings. The van der Waals surface area contributed by atoms with Crippen molar-refractivity contribution in [3.8, 4) is 0 Å². The predicted octanol–water partition coefficient (Wildman–Crippen LogP) is 6.62. The first kappa shape index (κ1) is 17.8. The van der Waals surface area contributed by atoms with E-state index in [2.05, 4.69) is 75.5 Å². The van der Waals surface area contributed by atoms with Gasteiger partial charge in [0.25, 0.3) is 0 Å². The number of rotatable bonds is 2. The first-order valence-electron chi connectivity index (χ1n) is 10.5. The van der Waals surface area contributed by atoms with E-state index in [1.807, 2.05) is 0 Å². The molecule has 1 aliphatic heterocycles. The minimum Gasteiger partial charge on any atom is -0.304 e. The molecule has 0 saturated heterocycles. The molecule has 0 bridgehead atoms. The van der Waals surface area contributed by atoms with Crippen molar-refractivity contribution in [3.63, 3.8) is 0 Å². The first-order chi connectivity index (χ1) is 12.5. The summed E-state index contributed by atoms with van der Waals surface area (Å²) in [6, 6.07) is 17.1. The van der Waals surface area contributed by atoms with Gasteiger partial charge in [0, 0.05) is 17.5 Å². The quantitative estimate of drug-likeness (QED) is 0.644. The Morgan fingerprint density at radius 3 is 2.27 bits per heavy atom. The highest BCUT2D eigenvalue weighted by atomic mass is 15.0. The van der Waals surface area contributed by atoms with E-state index in [0.29, 0.717) is 17.9 Å². The maximum atomic E-state index is 4.10. The SMILES string of the molecule is Cc1ccc2c(c1)[C@@H](C)NC1(CCCCC1)[C@H]2c1ccc(C(C)C)cc1. The van der Waals surface area contributed by atoms with E-state index in [1.165, 1.54) is 54.4 Å². The third-order valence-corrected chi connectivity index (χ3v) is 6.76. The first-order valence-corrected chi connectivity index (χ1v) is 10.5. The second-order valence-corrected chi connectivity index (χ2v) is 8.97. The number of hydrogen-bond donors (Lipinski definition) is 1. The van der Waals surface area contributed by atoms with E-state index in [0.717, 1.165) is 0 Å². The summed E-state index contributed by atoms with van der Waals surface area (Å²) in [6.45, 7) is 9.12. The Balaban J connectivity index is 1.85. The van der Waals surface area contributed by atoms with Crippen molar-refractivity contribution in [2.24, 2.45) is 0 Å². The molecular weight excluding hydrogens is 314 g/mol. The Bertz CT molecular complexity index is 765. The fourth-order valence-electron chi connectivity index (χ4n) is 5.41. The van der Waals surface area contributed by atoms with E-state index in [9.17, 15) is 0 Å². The van der Waals surface area contributed by atoms with Crippen LogP contribution in [0, 0.1) is 6.92 Å². The monoisotopic (exact) mass is 347 g/mol. The van der Waals surface area contributed by atoms with Gasteiger partial charge in [0.05, 0.1) is 0 Å². The molecule has 2 aromatic rings. The Kier molecular flexibility index (Phi) is 4.69. The van der Waals surface area contributed by atoms with Gasteiger partial charge in [0.1, 0.15) is 0 Å². The van der Waals surface area contributed by atoms with Gasteiger partial charge in [-0.25, -0.2) is 0 Å². The average molecular weight is 348 g/mol. The number of fused-ring (bicyclic) bond motifs is 1. The molecule has 1 saturated carbocycles. The Morgan fingerprint density at radius 1 is 0.923 bits per heavy atom. The Hall–Kier alpha value is -1.60. The fourth-order valence-corrected chi connectivity index (χ4v) is 5.41. The summed E-state index contributed by atoms with van der Waals surface area (Å²) in [6.07, 6.45) is 6.67. The Labute approximate surface area is 159 Å².